The van der Waals surface area contributed by atoms with Gasteiger partial charge in [-0.15, -0.1) is 0 Å². The fraction of sp³-hybridized carbons (Fsp3) is 0.500. The van der Waals surface area contributed by atoms with Gasteiger partial charge < -0.3 is 11.0 Å². The molecule has 0 atom stereocenters. The van der Waals surface area contributed by atoms with Gasteiger partial charge in [-0.05, 0) is 51.7 Å². The molecule has 2 aromatic heterocycles. The lowest BCUT2D eigenvalue weighted by molar-refractivity contribution is -0.699. The van der Waals surface area contributed by atoms with E-state index in [1.54, 1.807) is 0 Å². The largest absolute Gasteiger partial charge is 0.870 e. The number of unbranched alkanes of at least 4 members (excludes halogenated alkanes) is 3. The quantitative estimate of drug-likeness (QED) is 0.576. The second-order valence-electron chi connectivity index (χ2n) is 6.51. The first-order chi connectivity index (χ1) is 10.6. The summed E-state index contributed by atoms with van der Waals surface area (Å²) in [6.07, 6.45) is 14.1. The zero-order valence-corrected chi connectivity index (χ0v) is 15.5. The van der Waals surface area contributed by atoms with Gasteiger partial charge in [0, 0.05) is 36.1 Å². The van der Waals surface area contributed by atoms with Crippen LogP contribution >= 0.6 is 0 Å². The third-order valence-corrected chi connectivity index (χ3v) is 4.58. The molecule has 0 aliphatic carbocycles. The molecule has 0 fully saturated rings. The first-order valence-electron chi connectivity index (χ1n) is 8.49. The maximum atomic E-state index is 2.32. The monoisotopic (exact) mass is 332 g/mol. The van der Waals surface area contributed by atoms with Crippen LogP contribution in [-0.2, 0) is 13.1 Å². The Morgan fingerprint density at radius 3 is 1.29 bits per heavy atom. The summed E-state index contributed by atoms with van der Waals surface area (Å²) in [4.78, 5) is 0. The third-order valence-electron chi connectivity index (χ3n) is 4.58. The van der Waals surface area contributed by atoms with Crippen molar-refractivity contribution in [2.75, 3.05) is 0 Å². The van der Waals surface area contributed by atoms with Crippen LogP contribution in [-0.4, -0.2) is 11.0 Å². The van der Waals surface area contributed by atoms with Crippen LogP contribution in [0, 0.1) is 27.7 Å². The summed E-state index contributed by atoms with van der Waals surface area (Å²) in [5.41, 5.74) is 5.52. The molecule has 2 rings (SSSR count). The molecule has 2 heterocycles. The SMILES string of the molecule is Cc1cc[n+](CCCCCC[n+]2ccc(C)c(C)c2)cc1C.[OH-].[OH-]. The number of aromatic nitrogens is 2. The number of hydrogen-bond acceptors (Lipinski definition) is 2. The molecule has 0 aromatic carbocycles. The molecular weight excluding hydrogens is 300 g/mol. The maximum Gasteiger partial charge on any atom is 0.171 e. The highest BCUT2D eigenvalue weighted by Crippen LogP contribution is 2.04. The van der Waals surface area contributed by atoms with Gasteiger partial charge in [-0.3, -0.25) is 0 Å². The Morgan fingerprint density at radius 1 is 0.583 bits per heavy atom. The fourth-order valence-corrected chi connectivity index (χ4v) is 2.69. The number of rotatable bonds is 7. The molecule has 0 bridgehead atoms. The van der Waals surface area contributed by atoms with Crippen molar-refractivity contribution in [3.05, 3.63) is 59.2 Å². The van der Waals surface area contributed by atoms with Gasteiger partial charge in [-0.2, -0.15) is 0 Å². The minimum absolute atomic E-state index is 0. The van der Waals surface area contributed by atoms with Crippen molar-refractivity contribution in [1.29, 1.82) is 0 Å². The summed E-state index contributed by atoms with van der Waals surface area (Å²) >= 11 is 0. The lowest BCUT2D eigenvalue weighted by Crippen LogP contribution is -2.34. The smallest absolute Gasteiger partial charge is 0.171 e. The molecule has 2 aromatic rings. The van der Waals surface area contributed by atoms with Gasteiger partial charge in [-0.25, -0.2) is 9.13 Å². The van der Waals surface area contributed by atoms with E-state index in [2.05, 4.69) is 73.7 Å². The molecule has 0 aliphatic rings. The Hall–Kier alpha value is -1.78. The number of pyridine rings is 2. The van der Waals surface area contributed by atoms with E-state index in [0.717, 1.165) is 13.1 Å². The van der Waals surface area contributed by atoms with Crippen molar-refractivity contribution in [2.24, 2.45) is 0 Å². The van der Waals surface area contributed by atoms with E-state index in [-0.39, 0.29) is 11.0 Å². The molecule has 24 heavy (non-hydrogen) atoms. The molecule has 0 radical (unpaired) electrons. The number of aryl methyl sites for hydroxylation is 6. The van der Waals surface area contributed by atoms with E-state index < -0.39 is 0 Å². The minimum atomic E-state index is 0. The average Bonchev–Trinajstić information content (AvgIpc) is 2.50. The predicted molar refractivity (Wildman–Crippen MR) is 94.6 cm³/mol. The standard InChI is InChI=1S/C20H30N2.2H2O/c1-17-9-13-21(15-19(17)3)11-7-5-6-8-12-22-14-10-18(2)20(4)16-22;;/h9-10,13-16H,5-8,11-12H2,1-4H3;2*1H2/q+2;;/p-2. The first kappa shape index (κ1) is 22.2. The van der Waals surface area contributed by atoms with E-state index >= 15 is 0 Å². The van der Waals surface area contributed by atoms with Gasteiger partial charge in [0.1, 0.15) is 13.1 Å². The van der Waals surface area contributed by atoms with Crippen LogP contribution in [0.3, 0.4) is 0 Å². The van der Waals surface area contributed by atoms with Crippen molar-refractivity contribution in [1.82, 2.24) is 0 Å². The molecule has 0 amide bonds. The molecule has 0 saturated carbocycles. The molecule has 0 spiro atoms. The molecule has 4 nitrogen and oxygen atoms in total. The summed E-state index contributed by atoms with van der Waals surface area (Å²) in [5, 5.41) is 0. The van der Waals surface area contributed by atoms with E-state index in [1.165, 1.54) is 47.9 Å². The third kappa shape index (κ3) is 6.77. The maximum absolute atomic E-state index is 2.32. The minimum Gasteiger partial charge on any atom is -0.870 e. The van der Waals surface area contributed by atoms with Crippen LogP contribution in [0.1, 0.15) is 47.9 Å². The van der Waals surface area contributed by atoms with Crippen LogP contribution in [0.5, 0.6) is 0 Å². The van der Waals surface area contributed by atoms with Crippen molar-refractivity contribution in [3.8, 4) is 0 Å². The van der Waals surface area contributed by atoms with E-state index in [0.29, 0.717) is 0 Å². The number of nitrogens with zero attached hydrogens (tertiary/aromatic N) is 2. The Bertz CT molecular complexity index is 572. The highest BCUT2D eigenvalue weighted by Gasteiger charge is 2.05. The van der Waals surface area contributed by atoms with Gasteiger partial charge in [-0.1, -0.05) is 0 Å². The predicted octanol–water partition coefficient (Wildman–Crippen LogP) is 3.40. The summed E-state index contributed by atoms with van der Waals surface area (Å²) in [5.74, 6) is 0. The highest BCUT2D eigenvalue weighted by molar-refractivity contribution is 5.17. The molecule has 0 unspecified atom stereocenters. The summed E-state index contributed by atoms with van der Waals surface area (Å²) in [6, 6.07) is 4.43. The topological polar surface area (TPSA) is 67.8 Å². The first-order valence-corrected chi connectivity index (χ1v) is 8.49. The van der Waals surface area contributed by atoms with Gasteiger partial charge in [0.2, 0.25) is 0 Å². The Balaban J connectivity index is 0.00000264. The van der Waals surface area contributed by atoms with Gasteiger partial charge in [0.25, 0.3) is 0 Å². The van der Waals surface area contributed by atoms with Gasteiger partial charge in [0.05, 0.1) is 0 Å². The van der Waals surface area contributed by atoms with Gasteiger partial charge >= 0.3 is 0 Å². The van der Waals surface area contributed by atoms with E-state index in [9.17, 15) is 0 Å². The summed E-state index contributed by atoms with van der Waals surface area (Å²) in [7, 11) is 0. The van der Waals surface area contributed by atoms with Crippen molar-refractivity contribution in [2.45, 2.75) is 66.5 Å². The Kier molecular flexibility index (Phi) is 10.1. The lowest BCUT2D eigenvalue weighted by atomic mass is 10.1. The second kappa shape index (κ2) is 10.9. The van der Waals surface area contributed by atoms with Crippen LogP contribution in [0.15, 0.2) is 36.9 Å². The molecular formula is C20H32N2O2. The molecule has 2 N–H and O–H groups in total. The normalized spacial score (nSPS) is 10.0. The zero-order valence-electron chi connectivity index (χ0n) is 15.5. The van der Waals surface area contributed by atoms with Gasteiger partial charge in [0.15, 0.2) is 24.8 Å². The second-order valence-corrected chi connectivity index (χ2v) is 6.51. The Labute approximate surface area is 146 Å². The molecule has 0 saturated heterocycles. The van der Waals surface area contributed by atoms with Crippen molar-refractivity contribution in [3.63, 3.8) is 0 Å². The molecule has 4 heteroatoms. The number of hydrogen-bond donors (Lipinski definition) is 0. The lowest BCUT2D eigenvalue weighted by Gasteiger charge is -2.02. The van der Waals surface area contributed by atoms with Crippen LogP contribution in [0.25, 0.3) is 0 Å². The van der Waals surface area contributed by atoms with Crippen LogP contribution < -0.4 is 9.13 Å². The highest BCUT2D eigenvalue weighted by atomic mass is 16.0. The van der Waals surface area contributed by atoms with Crippen LogP contribution in [0.4, 0.5) is 0 Å². The van der Waals surface area contributed by atoms with Crippen molar-refractivity contribution >= 4 is 0 Å². The summed E-state index contributed by atoms with van der Waals surface area (Å²) < 4.78 is 4.64. The summed E-state index contributed by atoms with van der Waals surface area (Å²) in [6.45, 7) is 11.0. The molecule has 0 aliphatic heterocycles. The average molecular weight is 332 g/mol. The van der Waals surface area contributed by atoms with E-state index in [4.69, 9.17) is 0 Å². The Morgan fingerprint density at radius 2 is 0.958 bits per heavy atom. The fourth-order valence-electron chi connectivity index (χ4n) is 2.69. The zero-order chi connectivity index (χ0) is 15.9. The van der Waals surface area contributed by atoms with Crippen molar-refractivity contribution < 1.29 is 20.1 Å². The van der Waals surface area contributed by atoms with Crippen LogP contribution in [0.2, 0.25) is 0 Å². The molecule has 134 valence electrons. The van der Waals surface area contributed by atoms with E-state index in [1.807, 2.05) is 0 Å².